The summed E-state index contributed by atoms with van der Waals surface area (Å²) in [5.74, 6) is -0.152. The van der Waals surface area contributed by atoms with Gasteiger partial charge >= 0.3 is 0 Å². The molecule has 0 radical (unpaired) electrons. The molecular weight excluding hydrogens is 347 g/mol. The summed E-state index contributed by atoms with van der Waals surface area (Å²) in [7, 11) is 0. The molecule has 2 fully saturated rings. The first-order valence-corrected chi connectivity index (χ1v) is 9.42. The average Bonchev–Trinajstić information content (AvgIpc) is 2.63. The number of halogens is 2. The van der Waals surface area contributed by atoms with Gasteiger partial charge in [0.15, 0.2) is 0 Å². The van der Waals surface area contributed by atoms with Crippen LogP contribution in [0.2, 0.25) is 10.0 Å². The maximum absolute atomic E-state index is 12.6. The van der Waals surface area contributed by atoms with E-state index in [1.54, 1.807) is 18.2 Å². The van der Waals surface area contributed by atoms with Gasteiger partial charge in [-0.3, -0.25) is 9.69 Å². The molecule has 1 aliphatic carbocycles. The highest BCUT2D eigenvalue weighted by Crippen LogP contribution is 2.34. The Morgan fingerprint density at radius 2 is 1.88 bits per heavy atom. The van der Waals surface area contributed by atoms with Crippen LogP contribution in [0.3, 0.4) is 0 Å². The Labute approximate surface area is 153 Å². The lowest BCUT2D eigenvalue weighted by Crippen LogP contribution is -2.59. The first-order valence-electron chi connectivity index (χ1n) is 8.67. The second-order valence-electron chi connectivity index (χ2n) is 6.69. The molecule has 0 bridgehead atoms. The lowest BCUT2D eigenvalue weighted by Gasteiger charge is -2.48. The van der Waals surface area contributed by atoms with Crippen LogP contribution >= 0.6 is 23.2 Å². The van der Waals surface area contributed by atoms with Crippen molar-refractivity contribution < 1.29 is 9.53 Å². The van der Waals surface area contributed by atoms with Crippen molar-refractivity contribution in [2.45, 2.75) is 37.6 Å². The van der Waals surface area contributed by atoms with E-state index in [1.807, 2.05) is 0 Å². The van der Waals surface area contributed by atoms with Crippen LogP contribution < -0.4 is 5.32 Å². The minimum atomic E-state index is -0.152. The Morgan fingerprint density at radius 3 is 2.58 bits per heavy atom. The molecule has 0 atom stereocenters. The van der Waals surface area contributed by atoms with Crippen LogP contribution in [0, 0.1) is 0 Å². The fraction of sp³-hybridized carbons (Fsp3) is 0.611. The monoisotopic (exact) mass is 370 g/mol. The normalized spacial score (nSPS) is 21.4. The number of carbonyl (C=O) groups is 1. The molecule has 132 valence electrons. The van der Waals surface area contributed by atoms with Gasteiger partial charge < -0.3 is 10.1 Å². The van der Waals surface area contributed by atoms with Crippen molar-refractivity contribution in [2.24, 2.45) is 0 Å². The summed E-state index contributed by atoms with van der Waals surface area (Å²) in [6, 6.07) is 4.98. The number of benzene rings is 1. The summed E-state index contributed by atoms with van der Waals surface area (Å²) in [6.45, 7) is 4.07. The lowest BCUT2D eigenvalue weighted by atomic mass is 9.79. The first kappa shape index (κ1) is 18.0. The van der Waals surface area contributed by atoms with Gasteiger partial charge in [0.1, 0.15) is 0 Å². The Hall–Kier alpha value is -0.810. The van der Waals surface area contributed by atoms with Gasteiger partial charge in [0.2, 0.25) is 0 Å². The summed E-state index contributed by atoms with van der Waals surface area (Å²) >= 11 is 12.1. The third kappa shape index (κ3) is 4.05. The van der Waals surface area contributed by atoms with E-state index in [9.17, 15) is 4.79 Å². The maximum atomic E-state index is 12.6. The van der Waals surface area contributed by atoms with Gasteiger partial charge in [-0.25, -0.2) is 0 Å². The van der Waals surface area contributed by atoms with Gasteiger partial charge in [-0.15, -0.1) is 0 Å². The van der Waals surface area contributed by atoms with E-state index in [1.165, 1.54) is 19.3 Å². The number of morpholine rings is 1. The van der Waals surface area contributed by atoms with Gasteiger partial charge in [-0.05, 0) is 31.0 Å². The van der Waals surface area contributed by atoms with Gasteiger partial charge in [0.25, 0.3) is 5.91 Å². The van der Waals surface area contributed by atoms with E-state index < -0.39 is 0 Å². The standard InChI is InChI=1S/C18H24Cl2N2O2/c19-14-4-5-16(20)15(12-14)17(23)21-13-18(6-2-1-3-7-18)22-8-10-24-11-9-22/h4-5,12H,1-3,6-11,13H2,(H,21,23). The number of carbonyl (C=O) groups excluding carboxylic acids is 1. The third-order valence-corrected chi connectivity index (χ3v) is 5.78. The molecule has 1 heterocycles. The van der Waals surface area contributed by atoms with Crippen LogP contribution in [0.4, 0.5) is 0 Å². The molecule has 1 amide bonds. The van der Waals surface area contributed by atoms with Gasteiger partial charge in [0, 0.05) is 30.2 Å². The Balaban J connectivity index is 1.71. The molecular formula is C18H24Cl2N2O2. The summed E-state index contributed by atoms with van der Waals surface area (Å²) in [5, 5.41) is 4.06. The molecule has 1 N–H and O–H groups in total. The van der Waals surface area contributed by atoms with Crippen molar-refractivity contribution in [3.63, 3.8) is 0 Å². The fourth-order valence-corrected chi connectivity index (χ4v) is 4.24. The molecule has 24 heavy (non-hydrogen) atoms. The zero-order chi connectivity index (χ0) is 17.0. The fourth-order valence-electron chi connectivity index (χ4n) is 3.86. The van der Waals surface area contributed by atoms with Crippen LogP contribution in [-0.2, 0) is 4.74 Å². The van der Waals surface area contributed by atoms with E-state index in [2.05, 4.69) is 10.2 Å². The molecule has 4 nitrogen and oxygen atoms in total. The molecule has 0 spiro atoms. The lowest BCUT2D eigenvalue weighted by molar-refractivity contribution is -0.0361. The smallest absolute Gasteiger partial charge is 0.252 e. The Morgan fingerprint density at radius 1 is 1.17 bits per heavy atom. The maximum Gasteiger partial charge on any atom is 0.252 e. The summed E-state index contributed by atoms with van der Waals surface area (Å²) in [4.78, 5) is 15.1. The minimum absolute atomic E-state index is 0.0444. The highest BCUT2D eigenvalue weighted by Gasteiger charge is 2.38. The summed E-state index contributed by atoms with van der Waals surface area (Å²) in [6.07, 6.45) is 5.95. The number of rotatable bonds is 4. The second-order valence-corrected chi connectivity index (χ2v) is 7.53. The van der Waals surface area contributed by atoms with Crippen molar-refractivity contribution in [1.82, 2.24) is 10.2 Å². The molecule has 1 saturated carbocycles. The van der Waals surface area contributed by atoms with Crippen LogP contribution in [-0.4, -0.2) is 49.2 Å². The zero-order valence-corrected chi connectivity index (χ0v) is 15.3. The Bertz CT molecular complexity index is 582. The third-order valence-electron chi connectivity index (χ3n) is 5.22. The van der Waals surface area contributed by atoms with E-state index in [0.717, 1.165) is 39.1 Å². The summed E-state index contributed by atoms with van der Waals surface area (Å²) in [5.41, 5.74) is 0.486. The molecule has 1 saturated heterocycles. The van der Waals surface area contributed by atoms with Gasteiger partial charge in [-0.1, -0.05) is 42.5 Å². The molecule has 6 heteroatoms. The number of nitrogens with zero attached hydrogens (tertiary/aromatic N) is 1. The highest BCUT2D eigenvalue weighted by atomic mass is 35.5. The van der Waals surface area contributed by atoms with Crippen molar-refractivity contribution >= 4 is 29.1 Å². The van der Waals surface area contributed by atoms with E-state index in [4.69, 9.17) is 27.9 Å². The molecule has 0 aromatic heterocycles. The number of amides is 1. The predicted octanol–water partition coefficient (Wildman–Crippen LogP) is 3.76. The molecule has 3 rings (SSSR count). The second kappa shape index (κ2) is 8.05. The first-order chi connectivity index (χ1) is 11.6. The number of ether oxygens (including phenoxy) is 1. The van der Waals surface area contributed by atoms with Crippen molar-refractivity contribution in [3.05, 3.63) is 33.8 Å². The van der Waals surface area contributed by atoms with E-state index in [0.29, 0.717) is 22.2 Å². The average molecular weight is 371 g/mol. The van der Waals surface area contributed by atoms with Crippen LogP contribution in [0.15, 0.2) is 18.2 Å². The predicted molar refractivity (Wildman–Crippen MR) is 97.0 cm³/mol. The quantitative estimate of drug-likeness (QED) is 0.876. The van der Waals surface area contributed by atoms with Gasteiger partial charge in [-0.2, -0.15) is 0 Å². The molecule has 1 aliphatic heterocycles. The highest BCUT2D eigenvalue weighted by molar-refractivity contribution is 6.35. The number of hydrogen-bond acceptors (Lipinski definition) is 3. The summed E-state index contributed by atoms with van der Waals surface area (Å²) < 4.78 is 5.50. The van der Waals surface area contributed by atoms with Crippen molar-refractivity contribution in [2.75, 3.05) is 32.8 Å². The number of hydrogen-bond donors (Lipinski definition) is 1. The molecule has 1 aromatic carbocycles. The SMILES string of the molecule is O=C(NCC1(N2CCOCC2)CCCCC1)c1cc(Cl)ccc1Cl. The largest absolute Gasteiger partial charge is 0.379 e. The van der Waals surface area contributed by atoms with Crippen molar-refractivity contribution in [1.29, 1.82) is 0 Å². The minimum Gasteiger partial charge on any atom is -0.379 e. The molecule has 1 aromatic rings. The van der Waals surface area contributed by atoms with E-state index in [-0.39, 0.29) is 11.4 Å². The van der Waals surface area contributed by atoms with Crippen molar-refractivity contribution in [3.8, 4) is 0 Å². The molecule has 0 unspecified atom stereocenters. The van der Waals surface area contributed by atoms with Crippen LogP contribution in [0.1, 0.15) is 42.5 Å². The number of nitrogens with one attached hydrogen (secondary N) is 1. The topological polar surface area (TPSA) is 41.6 Å². The molecule has 2 aliphatic rings. The van der Waals surface area contributed by atoms with Crippen LogP contribution in [0.5, 0.6) is 0 Å². The van der Waals surface area contributed by atoms with E-state index >= 15 is 0 Å². The zero-order valence-electron chi connectivity index (χ0n) is 13.8. The Kier molecular flexibility index (Phi) is 6.03. The van der Waals surface area contributed by atoms with Gasteiger partial charge in [0.05, 0.1) is 23.8 Å². The van der Waals surface area contributed by atoms with Crippen LogP contribution in [0.25, 0.3) is 0 Å².